The molecular weight excluding hydrogens is 358 g/mol. The average Bonchev–Trinajstić information content (AvgIpc) is 3.44. The van der Waals surface area contributed by atoms with E-state index in [0.29, 0.717) is 0 Å². The Labute approximate surface area is 164 Å². The highest BCUT2D eigenvalue weighted by molar-refractivity contribution is 6.39. The molecule has 3 aromatic rings. The SMILES string of the molecule is Cn1c(-c2ccccc2)c(Cl)c2c(N3CCCC3)nc(N3CCCC3)nc21. The van der Waals surface area contributed by atoms with Gasteiger partial charge in [0.2, 0.25) is 5.95 Å². The lowest BCUT2D eigenvalue weighted by Crippen LogP contribution is -2.24. The molecule has 2 fully saturated rings. The molecule has 0 spiro atoms. The maximum absolute atomic E-state index is 6.95. The molecule has 1 aromatic carbocycles. The van der Waals surface area contributed by atoms with E-state index in [0.717, 1.165) is 65.3 Å². The van der Waals surface area contributed by atoms with E-state index in [1.54, 1.807) is 0 Å². The third-order valence-corrected chi connectivity index (χ3v) is 6.15. The minimum Gasteiger partial charge on any atom is -0.356 e. The van der Waals surface area contributed by atoms with Crippen molar-refractivity contribution < 1.29 is 0 Å². The van der Waals surface area contributed by atoms with Crippen LogP contribution in [0.1, 0.15) is 25.7 Å². The van der Waals surface area contributed by atoms with Crippen LogP contribution in [0.15, 0.2) is 30.3 Å². The summed E-state index contributed by atoms with van der Waals surface area (Å²) in [6, 6.07) is 10.3. The van der Waals surface area contributed by atoms with Crippen molar-refractivity contribution in [1.82, 2.24) is 14.5 Å². The Kier molecular flexibility index (Phi) is 4.20. The summed E-state index contributed by atoms with van der Waals surface area (Å²) in [6.45, 7) is 4.15. The number of hydrogen-bond acceptors (Lipinski definition) is 4. The molecule has 0 radical (unpaired) electrons. The van der Waals surface area contributed by atoms with Gasteiger partial charge in [-0.15, -0.1) is 0 Å². The summed E-state index contributed by atoms with van der Waals surface area (Å²) in [4.78, 5) is 14.7. The average molecular weight is 382 g/mol. The van der Waals surface area contributed by atoms with Gasteiger partial charge >= 0.3 is 0 Å². The van der Waals surface area contributed by atoms with E-state index >= 15 is 0 Å². The zero-order valence-electron chi connectivity index (χ0n) is 15.7. The zero-order chi connectivity index (χ0) is 18.4. The molecule has 0 unspecified atom stereocenters. The van der Waals surface area contributed by atoms with E-state index in [-0.39, 0.29) is 0 Å². The number of fused-ring (bicyclic) bond motifs is 1. The van der Waals surface area contributed by atoms with Gasteiger partial charge in [0.25, 0.3) is 0 Å². The first-order valence-electron chi connectivity index (χ1n) is 9.85. The number of halogens is 1. The first-order valence-corrected chi connectivity index (χ1v) is 10.2. The molecule has 2 aliphatic heterocycles. The maximum atomic E-state index is 6.95. The van der Waals surface area contributed by atoms with Crippen molar-refractivity contribution in [3.05, 3.63) is 35.4 Å². The summed E-state index contributed by atoms with van der Waals surface area (Å²) in [5.41, 5.74) is 3.05. The molecule has 5 rings (SSSR count). The first kappa shape index (κ1) is 16.9. The standard InChI is InChI=1S/C21H24ClN5/c1-25-18(15-9-3-2-4-10-15)17(22)16-19(25)23-21(27-13-7-8-14-27)24-20(16)26-11-5-6-12-26/h2-4,9-10H,5-8,11-14H2,1H3. The summed E-state index contributed by atoms with van der Waals surface area (Å²) < 4.78 is 2.13. The van der Waals surface area contributed by atoms with E-state index in [2.05, 4.69) is 33.5 Å². The van der Waals surface area contributed by atoms with Crippen LogP contribution in [0.25, 0.3) is 22.3 Å². The van der Waals surface area contributed by atoms with Gasteiger partial charge in [-0.1, -0.05) is 41.9 Å². The fourth-order valence-electron chi connectivity index (χ4n) is 4.37. The van der Waals surface area contributed by atoms with Crippen LogP contribution >= 0.6 is 11.6 Å². The Balaban J connectivity index is 1.76. The molecule has 0 saturated carbocycles. The predicted octanol–water partition coefficient (Wildman–Crippen LogP) is 4.49. The molecule has 140 valence electrons. The largest absolute Gasteiger partial charge is 0.356 e. The van der Waals surface area contributed by atoms with Crippen LogP contribution in [0.4, 0.5) is 11.8 Å². The zero-order valence-corrected chi connectivity index (χ0v) is 16.4. The van der Waals surface area contributed by atoms with Crippen LogP contribution in [0.2, 0.25) is 5.02 Å². The number of rotatable bonds is 3. The van der Waals surface area contributed by atoms with Gasteiger partial charge in [-0.25, -0.2) is 0 Å². The maximum Gasteiger partial charge on any atom is 0.229 e. The van der Waals surface area contributed by atoms with E-state index < -0.39 is 0 Å². The Morgan fingerprint density at radius 1 is 0.852 bits per heavy atom. The third-order valence-electron chi connectivity index (χ3n) is 5.78. The Morgan fingerprint density at radius 2 is 1.48 bits per heavy atom. The van der Waals surface area contributed by atoms with Crippen molar-refractivity contribution in [2.24, 2.45) is 7.05 Å². The number of nitrogens with zero attached hydrogens (tertiary/aromatic N) is 5. The molecule has 2 aromatic heterocycles. The lowest BCUT2D eigenvalue weighted by atomic mass is 10.1. The van der Waals surface area contributed by atoms with Gasteiger partial charge in [-0.3, -0.25) is 0 Å². The molecule has 4 heterocycles. The molecule has 2 aliphatic rings. The van der Waals surface area contributed by atoms with Gasteiger partial charge in [0.15, 0.2) is 0 Å². The topological polar surface area (TPSA) is 37.2 Å². The predicted molar refractivity (Wildman–Crippen MR) is 112 cm³/mol. The highest BCUT2D eigenvalue weighted by Gasteiger charge is 2.27. The van der Waals surface area contributed by atoms with Crippen LogP contribution in [0, 0.1) is 0 Å². The number of hydrogen-bond donors (Lipinski definition) is 0. The number of aromatic nitrogens is 3. The monoisotopic (exact) mass is 381 g/mol. The van der Waals surface area contributed by atoms with Crippen LogP contribution in [0.3, 0.4) is 0 Å². The summed E-state index contributed by atoms with van der Waals surface area (Å²) >= 11 is 6.95. The van der Waals surface area contributed by atoms with Crippen molar-refractivity contribution in [3.8, 4) is 11.3 Å². The van der Waals surface area contributed by atoms with Crippen molar-refractivity contribution >= 4 is 34.4 Å². The fraction of sp³-hybridized carbons (Fsp3) is 0.429. The molecule has 0 bridgehead atoms. The Morgan fingerprint density at radius 3 is 2.15 bits per heavy atom. The minimum atomic E-state index is 0.758. The molecule has 2 saturated heterocycles. The van der Waals surface area contributed by atoms with Crippen molar-refractivity contribution in [2.75, 3.05) is 36.0 Å². The van der Waals surface area contributed by atoms with E-state index in [1.807, 2.05) is 18.2 Å². The van der Waals surface area contributed by atoms with Crippen molar-refractivity contribution in [1.29, 1.82) is 0 Å². The molecule has 0 atom stereocenters. The van der Waals surface area contributed by atoms with Gasteiger partial charge in [-0.2, -0.15) is 9.97 Å². The van der Waals surface area contributed by atoms with Gasteiger partial charge in [-0.05, 0) is 31.2 Å². The highest BCUT2D eigenvalue weighted by atomic mass is 35.5. The van der Waals surface area contributed by atoms with Crippen LogP contribution in [-0.2, 0) is 7.05 Å². The minimum absolute atomic E-state index is 0.758. The second kappa shape index (κ2) is 6.71. The summed E-state index contributed by atoms with van der Waals surface area (Å²) in [7, 11) is 2.06. The van der Waals surface area contributed by atoms with Crippen LogP contribution in [-0.4, -0.2) is 40.7 Å². The van der Waals surface area contributed by atoms with Crippen LogP contribution in [0.5, 0.6) is 0 Å². The van der Waals surface area contributed by atoms with Crippen molar-refractivity contribution in [3.63, 3.8) is 0 Å². The summed E-state index contributed by atoms with van der Waals surface area (Å²) in [5, 5.41) is 1.75. The first-order chi connectivity index (χ1) is 13.2. The number of benzene rings is 1. The van der Waals surface area contributed by atoms with Crippen molar-refractivity contribution in [2.45, 2.75) is 25.7 Å². The molecule has 0 N–H and O–H groups in total. The Hall–Kier alpha value is -2.27. The Bertz CT molecular complexity index is 969. The summed E-state index contributed by atoms with van der Waals surface area (Å²) in [5.74, 6) is 1.85. The van der Waals surface area contributed by atoms with E-state index in [1.165, 1.54) is 25.7 Å². The van der Waals surface area contributed by atoms with Gasteiger partial charge in [0, 0.05) is 33.2 Å². The normalized spacial score (nSPS) is 17.4. The lowest BCUT2D eigenvalue weighted by molar-refractivity contribution is 0.870. The van der Waals surface area contributed by atoms with Crippen LogP contribution < -0.4 is 9.80 Å². The van der Waals surface area contributed by atoms with E-state index in [4.69, 9.17) is 21.6 Å². The second-order valence-corrected chi connectivity index (χ2v) is 7.90. The van der Waals surface area contributed by atoms with Gasteiger partial charge in [0.1, 0.15) is 11.5 Å². The van der Waals surface area contributed by atoms with E-state index in [9.17, 15) is 0 Å². The number of anilines is 2. The molecule has 0 aliphatic carbocycles. The smallest absolute Gasteiger partial charge is 0.229 e. The lowest BCUT2D eigenvalue weighted by Gasteiger charge is -2.21. The molecule has 5 nitrogen and oxygen atoms in total. The molecule has 6 heteroatoms. The quantitative estimate of drug-likeness (QED) is 0.669. The molecule has 27 heavy (non-hydrogen) atoms. The second-order valence-electron chi connectivity index (χ2n) is 7.52. The number of aryl methyl sites for hydroxylation is 1. The molecule has 0 amide bonds. The van der Waals surface area contributed by atoms with Gasteiger partial charge < -0.3 is 14.4 Å². The molecular formula is C21H24ClN5. The fourth-order valence-corrected chi connectivity index (χ4v) is 4.77. The third kappa shape index (κ3) is 2.76. The summed E-state index contributed by atoms with van der Waals surface area (Å²) in [6.07, 6.45) is 4.84. The highest BCUT2D eigenvalue weighted by Crippen LogP contribution is 2.41. The van der Waals surface area contributed by atoms with Gasteiger partial charge in [0.05, 0.1) is 16.1 Å².